The average Bonchev–Trinajstić information content (AvgIpc) is 2.73. The van der Waals surface area contributed by atoms with E-state index in [4.69, 9.17) is 5.73 Å². The number of carbonyl (C=O) groups is 3. The summed E-state index contributed by atoms with van der Waals surface area (Å²) in [5.41, 5.74) is 3.10. The van der Waals surface area contributed by atoms with Gasteiger partial charge in [-0.15, -0.1) is 0 Å². The Morgan fingerprint density at radius 1 is 1.09 bits per heavy atom. The Bertz CT molecular complexity index is 1130. The van der Waals surface area contributed by atoms with Crippen LogP contribution in [0.5, 0.6) is 5.75 Å². The van der Waals surface area contributed by atoms with Crippen LogP contribution in [-0.4, -0.2) is 99.9 Å². The molecule has 2 fully saturated rings. The Morgan fingerprint density at radius 2 is 1.71 bits per heavy atom. The smallest absolute Gasteiger partial charge is 0.230 e. The van der Waals surface area contributed by atoms with E-state index in [0.717, 1.165) is 0 Å². The number of likely N-dealkylation sites (N-methyl/N-ethyl adjacent to an activating group) is 1. The molecule has 3 aliphatic rings. The zero-order chi connectivity index (χ0) is 25.4. The molecule has 0 aliphatic heterocycles. The first-order valence-electron chi connectivity index (χ1n) is 10.9. The summed E-state index contributed by atoms with van der Waals surface area (Å²) >= 11 is 0. The molecule has 184 valence electrons. The van der Waals surface area contributed by atoms with Gasteiger partial charge in [-0.2, -0.15) is 0 Å². The molecule has 1 aromatic rings. The fourth-order valence-corrected chi connectivity index (χ4v) is 6.02. The Kier molecular flexibility index (Phi) is 5.52. The molecule has 3 aliphatic carbocycles. The third kappa shape index (κ3) is 2.94. The molecule has 0 bridgehead atoms. The van der Waals surface area contributed by atoms with Gasteiger partial charge in [-0.1, -0.05) is 0 Å². The number of aromatic hydroxyl groups is 1. The lowest BCUT2D eigenvalue weighted by molar-refractivity contribution is -0.198. The van der Waals surface area contributed by atoms with Gasteiger partial charge in [0.05, 0.1) is 17.8 Å². The van der Waals surface area contributed by atoms with Crippen LogP contribution >= 0.6 is 0 Å². The number of anilines is 1. The molecule has 7 N–H and O–H groups in total. The van der Waals surface area contributed by atoms with Crippen molar-refractivity contribution in [1.82, 2.24) is 4.90 Å². The van der Waals surface area contributed by atoms with Crippen LogP contribution in [0, 0.1) is 17.8 Å². The monoisotopic (exact) mass is 475 g/mol. The molecule has 7 atom stereocenters. The summed E-state index contributed by atoms with van der Waals surface area (Å²) in [4.78, 5) is 42.2. The summed E-state index contributed by atoms with van der Waals surface area (Å²) in [7, 11) is 6.54. The summed E-state index contributed by atoms with van der Waals surface area (Å²) < 4.78 is 0. The summed E-state index contributed by atoms with van der Waals surface area (Å²) in [6.07, 6.45) is -3.23. The normalized spacial score (nSPS) is 35.1. The molecular formula is C23H29N3O8. The van der Waals surface area contributed by atoms with Crippen LogP contribution in [0.25, 0.3) is 5.76 Å². The predicted octanol–water partition coefficient (Wildman–Crippen LogP) is -1.83. The number of hydrogen-bond donors (Lipinski definition) is 6. The number of rotatable bonds is 3. The maximum atomic E-state index is 13.7. The SMILES string of the molecule is CN(C)c1ccc(O)c2c1CC1C(=C2O)C(=O)C2(O)C(=O)C(C(N)=O)C(O)C(N(C)C)C2C1O. The Morgan fingerprint density at radius 3 is 2.24 bits per heavy atom. The van der Waals surface area contributed by atoms with E-state index in [0.29, 0.717) is 11.3 Å². The van der Waals surface area contributed by atoms with Crippen LogP contribution in [-0.2, 0) is 20.8 Å². The van der Waals surface area contributed by atoms with Gasteiger partial charge in [-0.25, -0.2) is 0 Å². The number of fused-ring (bicyclic) bond motifs is 3. The molecule has 34 heavy (non-hydrogen) atoms. The first-order chi connectivity index (χ1) is 15.8. The van der Waals surface area contributed by atoms with E-state index < -0.39 is 70.4 Å². The van der Waals surface area contributed by atoms with Crippen molar-refractivity contribution in [3.63, 3.8) is 0 Å². The molecule has 0 spiro atoms. The number of primary amides is 1. The molecular weight excluding hydrogens is 446 g/mol. The van der Waals surface area contributed by atoms with Crippen molar-refractivity contribution >= 4 is 28.9 Å². The molecule has 4 rings (SSSR count). The van der Waals surface area contributed by atoms with Gasteiger partial charge in [-0.05, 0) is 38.2 Å². The van der Waals surface area contributed by atoms with Crippen molar-refractivity contribution < 1.29 is 39.9 Å². The number of amides is 1. The van der Waals surface area contributed by atoms with Gasteiger partial charge in [0.1, 0.15) is 17.4 Å². The first-order valence-corrected chi connectivity index (χ1v) is 10.9. The average molecular weight is 475 g/mol. The molecule has 0 heterocycles. The number of Topliss-reactive ketones (excluding diaryl/α,β-unsaturated/α-hetero) is 2. The largest absolute Gasteiger partial charge is 0.507 e. The van der Waals surface area contributed by atoms with E-state index in [2.05, 4.69) is 0 Å². The number of benzene rings is 1. The Labute approximate surface area is 195 Å². The summed E-state index contributed by atoms with van der Waals surface area (Å²) in [6.45, 7) is 0. The van der Waals surface area contributed by atoms with Crippen LogP contribution in [0.15, 0.2) is 17.7 Å². The van der Waals surface area contributed by atoms with Crippen molar-refractivity contribution in [3.8, 4) is 5.75 Å². The minimum atomic E-state index is -2.92. The van der Waals surface area contributed by atoms with Gasteiger partial charge in [0.25, 0.3) is 0 Å². The number of nitrogens with zero attached hydrogens (tertiary/aromatic N) is 2. The number of aliphatic hydroxyl groups is 4. The van der Waals surface area contributed by atoms with Gasteiger partial charge < -0.3 is 41.1 Å². The van der Waals surface area contributed by atoms with Crippen molar-refractivity contribution in [1.29, 1.82) is 0 Å². The van der Waals surface area contributed by atoms with Crippen LogP contribution in [0.4, 0.5) is 5.69 Å². The lowest BCUT2D eigenvalue weighted by atomic mass is 9.53. The lowest BCUT2D eigenvalue weighted by Gasteiger charge is -2.55. The fourth-order valence-electron chi connectivity index (χ4n) is 6.02. The van der Waals surface area contributed by atoms with Crippen LogP contribution in [0.1, 0.15) is 11.1 Å². The van der Waals surface area contributed by atoms with Gasteiger partial charge in [0.2, 0.25) is 11.7 Å². The van der Waals surface area contributed by atoms with Crippen LogP contribution < -0.4 is 10.6 Å². The number of hydrogen-bond acceptors (Lipinski definition) is 10. The molecule has 7 unspecified atom stereocenters. The summed E-state index contributed by atoms with van der Waals surface area (Å²) in [5, 5.41) is 55.5. The zero-order valence-electron chi connectivity index (χ0n) is 19.3. The molecule has 0 aromatic heterocycles. The number of aliphatic hydroxyl groups excluding tert-OH is 3. The summed E-state index contributed by atoms with van der Waals surface area (Å²) in [5.74, 6) is -9.13. The third-order valence-electron chi connectivity index (χ3n) is 7.51. The van der Waals surface area contributed by atoms with E-state index in [1.54, 1.807) is 25.1 Å². The van der Waals surface area contributed by atoms with Gasteiger partial charge in [0.15, 0.2) is 11.4 Å². The van der Waals surface area contributed by atoms with E-state index >= 15 is 0 Å². The second kappa shape index (κ2) is 7.77. The standard InChI is InChI=1S/C23H29N3O8/c1-25(2)10-5-6-11(27)12-8(10)7-9-13(18(12)29)20(31)23(34)15(17(9)28)16(26(3)4)19(30)14(21(23)32)22(24)33/h5-6,9,14-17,19,27-30,34H,7H2,1-4H3,(H2,24,33). The molecule has 1 amide bonds. The molecule has 11 heteroatoms. The Hall–Kier alpha value is -2.99. The van der Waals surface area contributed by atoms with Gasteiger partial charge in [0, 0.05) is 43.2 Å². The maximum Gasteiger partial charge on any atom is 0.230 e. The van der Waals surface area contributed by atoms with E-state index in [9.17, 15) is 39.9 Å². The first kappa shape index (κ1) is 24.1. The highest BCUT2D eigenvalue weighted by Crippen LogP contribution is 2.53. The highest BCUT2D eigenvalue weighted by atomic mass is 16.3. The lowest BCUT2D eigenvalue weighted by Crippen LogP contribution is -2.76. The Balaban J connectivity index is 1.99. The van der Waals surface area contributed by atoms with Crippen molar-refractivity contribution in [2.45, 2.75) is 30.3 Å². The van der Waals surface area contributed by atoms with Crippen molar-refractivity contribution in [2.75, 3.05) is 33.1 Å². The van der Waals surface area contributed by atoms with Crippen molar-refractivity contribution in [3.05, 3.63) is 28.8 Å². The molecule has 11 nitrogen and oxygen atoms in total. The highest BCUT2D eigenvalue weighted by Gasteiger charge is 2.70. The topological polar surface area (TPSA) is 185 Å². The number of ketones is 2. The fraction of sp³-hybridized carbons (Fsp3) is 0.522. The molecule has 1 aromatic carbocycles. The maximum absolute atomic E-state index is 13.7. The van der Waals surface area contributed by atoms with Crippen LogP contribution in [0.2, 0.25) is 0 Å². The number of phenols is 1. The minimum absolute atomic E-state index is 0.0137. The van der Waals surface area contributed by atoms with E-state index in [-0.39, 0.29) is 17.7 Å². The van der Waals surface area contributed by atoms with Crippen molar-refractivity contribution in [2.24, 2.45) is 23.5 Å². The van der Waals surface area contributed by atoms with E-state index in [1.807, 2.05) is 0 Å². The number of nitrogens with two attached hydrogens (primary N) is 1. The van der Waals surface area contributed by atoms with Gasteiger partial charge in [-0.3, -0.25) is 14.4 Å². The predicted molar refractivity (Wildman–Crippen MR) is 120 cm³/mol. The zero-order valence-corrected chi connectivity index (χ0v) is 19.3. The third-order valence-corrected chi connectivity index (χ3v) is 7.51. The number of carbonyl (C=O) groups excluding carboxylic acids is 3. The van der Waals surface area contributed by atoms with Crippen LogP contribution in [0.3, 0.4) is 0 Å². The molecule has 2 saturated carbocycles. The molecule has 0 saturated heterocycles. The quantitative estimate of drug-likeness (QED) is 0.272. The van der Waals surface area contributed by atoms with Gasteiger partial charge >= 0.3 is 0 Å². The van der Waals surface area contributed by atoms with E-state index in [1.165, 1.54) is 25.1 Å². The minimum Gasteiger partial charge on any atom is -0.507 e. The second-order valence-electron chi connectivity index (χ2n) is 9.73. The highest BCUT2D eigenvalue weighted by molar-refractivity contribution is 6.25. The number of phenolic OH excluding ortho intramolecular Hbond substituents is 1. The second-order valence-corrected chi connectivity index (χ2v) is 9.73. The summed E-state index contributed by atoms with van der Waals surface area (Å²) in [6, 6.07) is 1.80. The molecule has 0 radical (unpaired) electrons.